The van der Waals surface area contributed by atoms with Crippen LogP contribution < -0.4 is 4.74 Å². The highest BCUT2D eigenvalue weighted by Crippen LogP contribution is 2.37. The molecule has 0 aliphatic carbocycles. The predicted octanol–water partition coefficient (Wildman–Crippen LogP) is 3.96. The van der Waals surface area contributed by atoms with Gasteiger partial charge in [-0.1, -0.05) is 6.58 Å². The van der Waals surface area contributed by atoms with Crippen molar-refractivity contribution in [1.82, 2.24) is 14.8 Å². The topological polar surface area (TPSA) is 103 Å². The van der Waals surface area contributed by atoms with Crippen molar-refractivity contribution in [3.63, 3.8) is 0 Å². The molecule has 9 heteroatoms. The van der Waals surface area contributed by atoms with E-state index in [1.54, 1.807) is 32.3 Å². The second-order valence-electron chi connectivity index (χ2n) is 7.74. The number of carboxylic acids is 1. The van der Waals surface area contributed by atoms with E-state index >= 15 is 0 Å². The highest BCUT2D eigenvalue weighted by atomic mass is 19.1. The molecular formula is C24H20FN3O5. The van der Waals surface area contributed by atoms with Crippen LogP contribution in [0.25, 0.3) is 22.0 Å². The molecule has 1 aliphatic rings. The molecule has 0 radical (unpaired) electrons. The maximum absolute atomic E-state index is 13.2. The van der Waals surface area contributed by atoms with E-state index in [9.17, 15) is 23.9 Å². The van der Waals surface area contributed by atoms with E-state index in [0.717, 1.165) is 0 Å². The number of halogens is 1. The van der Waals surface area contributed by atoms with Gasteiger partial charge in [0.15, 0.2) is 0 Å². The fourth-order valence-corrected chi connectivity index (χ4v) is 3.60. The monoisotopic (exact) mass is 449 g/mol. The second-order valence-corrected chi connectivity index (χ2v) is 7.74. The number of hydrogen-bond acceptors (Lipinski definition) is 4. The van der Waals surface area contributed by atoms with Crippen LogP contribution in [0.4, 0.5) is 9.18 Å². The van der Waals surface area contributed by atoms with Gasteiger partial charge in [0.1, 0.15) is 11.6 Å². The number of aromatic amines is 1. The number of carboxylic acid groups (broad SMARTS) is 1. The Morgan fingerprint density at radius 2 is 1.85 bits per heavy atom. The molecule has 2 aromatic carbocycles. The molecule has 0 fully saturated rings. The highest BCUT2D eigenvalue weighted by molar-refractivity contribution is 6.19. The number of aromatic nitrogens is 1. The van der Waals surface area contributed by atoms with Crippen LogP contribution >= 0.6 is 0 Å². The number of benzene rings is 2. The summed E-state index contributed by atoms with van der Waals surface area (Å²) in [5.74, 6) is -1.92. The number of hydrogen-bond donors (Lipinski definition) is 2. The lowest BCUT2D eigenvalue weighted by molar-refractivity contribution is -0.130. The molecule has 0 saturated heterocycles. The van der Waals surface area contributed by atoms with Gasteiger partial charge in [-0.05, 0) is 42.0 Å². The number of ether oxygens (including phenoxy) is 1. The van der Waals surface area contributed by atoms with Gasteiger partial charge in [0.05, 0.1) is 23.3 Å². The average Bonchev–Trinajstić information content (AvgIpc) is 3.07. The molecule has 1 aromatic heterocycles. The number of nitrogens with zero attached hydrogens (tertiary/aromatic N) is 2. The summed E-state index contributed by atoms with van der Waals surface area (Å²) in [5.41, 5.74) is 1.98. The fraction of sp³-hybridized carbons (Fsp3) is 0.125. The van der Waals surface area contributed by atoms with Crippen LogP contribution in [0.5, 0.6) is 5.75 Å². The van der Waals surface area contributed by atoms with E-state index in [0.29, 0.717) is 22.0 Å². The lowest BCUT2D eigenvalue weighted by Gasteiger charge is -2.18. The fourth-order valence-electron chi connectivity index (χ4n) is 3.60. The van der Waals surface area contributed by atoms with Gasteiger partial charge in [-0.2, -0.15) is 0 Å². The zero-order valence-corrected chi connectivity index (χ0v) is 17.9. The summed E-state index contributed by atoms with van der Waals surface area (Å²) in [5, 5.41) is 10.6. The summed E-state index contributed by atoms with van der Waals surface area (Å²) in [6.45, 7) is 4.11. The summed E-state index contributed by atoms with van der Waals surface area (Å²) in [4.78, 5) is 42.5. The highest BCUT2D eigenvalue weighted by Gasteiger charge is 2.29. The zero-order chi connectivity index (χ0) is 23.9. The van der Waals surface area contributed by atoms with Gasteiger partial charge in [0, 0.05) is 42.9 Å². The molecule has 4 rings (SSSR count). The minimum Gasteiger partial charge on any atom is -0.478 e. The van der Waals surface area contributed by atoms with Crippen molar-refractivity contribution in [2.24, 2.45) is 0 Å². The molecule has 0 spiro atoms. The molecule has 168 valence electrons. The van der Waals surface area contributed by atoms with Crippen molar-refractivity contribution in [3.05, 3.63) is 77.9 Å². The average molecular weight is 449 g/mol. The normalized spacial score (nSPS) is 13.2. The number of aliphatic carboxylic acids is 1. The largest absolute Gasteiger partial charge is 0.478 e. The number of carbonyl (C=O) groups is 3. The molecule has 0 unspecified atom stereocenters. The van der Waals surface area contributed by atoms with Gasteiger partial charge < -0.3 is 24.6 Å². The molecule has 0 saturated carbocycles. The Morgan fingerprint density at radius 3 is 2.48 bits per heavy atom. The minimum absolute atomic E-state index is 0.0321. The van der Waals surface area contributed by atoms with Gasteiger partial charge in [0.2, 0.25) is 0 Å². The van der Waals surface area contributed by atoms with Gasteiger partial charge >= 0.3 is 12.1 Å². The molecule has 0 atom stereocenters. The van der Waals surface area contributed by atoms with Crippen molar-refractivity contribution in [2.45, 2.75) is 0 Å². The van der Waals surface area contributed by atoms with Gasteiger partial charge in [-0.25, -0.2) is 14.0 Å². The van der Waals surface area contributed by atoms with Gasteiger partial charge in [-0.3, -0.25) is 4.79 Å². The molecular weight excluding hydrogens is 429 g/mol. The van der Waals surface area contributed by atoms with Crippen LogP contribution in [0.1, 0.15) is 21.6 Å². The Balaban J connectivity index is 1.78. The van der Waals surface area contributed by atoms with Crippen molar-refractivity contribution in [1.29, 1.82) is 0 Å². The summed E-state index contributed by atoms with van der Waals surface area (Å²) >= 11 is 0. The second kappa shape index (κ2) is 8.27. The number of carbonyl (C=O) groups excluding carboxylic acids is 2. The van der Waals surface area contributed by atoms with Crippen LogP contribution in [0.2, 0.25) is 0 Å². The SMILES string of the molecule is C=C1CN(C(=O)c2ccc(F)cc2)C=C(C(=O)O)c2[nH]c3cc(OC(=O)N(C)C)ccc3c21. The van der Waals surface area contributed by atoms with Crippen LogP contribution in [-0.2, 0) is 4.79 Å². The minimum atomic E-state index is -1.24. The first-order valence-corrected chi connectivity index (χ1v) is 9.90. The molecule has 8 nitrogen and oxygen atoms in total. The molecule has 33 heavy (non-hydrogen) atoms. The lowest BCUT2D eigenvalue weighted by atomic mass is 10.0. The van der Waals surface area contributed by atoms with Gasteiger partial charge in [0.25, 0.3) is 5.91 Å². The Morgan fingerprint density at radius 1 is 1.15 bits per heavy atom. The summed E-state index contributed by atoms with van der Waals surface area (Å²) in [6, 6.07) is 9.90. The third-order valence-electron chi connectivity index (χ3n) is 5.19. The van der Waals surface area contributed by atoms with Crippen LogP contribution in [0, 0.1) is 5.82 Å². The third-order valence-corrected chi connectivity index (χ3v) is 5.19. The zero-order valence-electron chi connectivity index (χ0n) is 17.9. The first kappa shape index (κ1) is 21.8. The number of nitrogens with one attached hydrogen (secondary N) is 1. The smallest absolute Gasteiger partial charge is 0.414 e. The van der Waals surface area contributed by atoms with E-state index in [2.05, 4.69) is 11.6 Å². The van der Waals surface area contributed by atoms with Crippen molar-refractivity contribution >= 4 is 40.0 Å². The number of fused-ring (bicyclic) bond motifs is 3. The van der Waals surface area contributed by atoms with Crippen LogP contribution in [-0.4, -0.2) is 58.5 Å². The first-order chi connectivity index (χ1) is 15.7. The number of amides is 2. The van der Waals surface area contributed by atoms with E-state index in [1.165, 1.54) is 40.3 Å². The van der Waals surface area contributed by atoms with E-state index < -0.39 is 23.8 Å². The Bertz CT molecular complexity index is 1340. The van der Waals surface area contributed by atoms with Crippen LogP contribution in [0.3, 0.4) is 0 Å². The number of H-pyrrole nitrogens is 1. The maximum Gasteiger partial charge on any atom is 0.414 e. The van der Waals surface area contributed by atoms with Gasteiger partial charge in [-0.15, -0.1) is 0 Å². The molecule has 0 bridgehead atoms. The van der Waals surface area contributed by atoms with E-state index in [-0.39, 0.29) is 29.1 Å². The summed E-state index contributed by atoms with van der Waals surface area (Å²) in [7, 11) is 3.12. The standard InChI is InChI=1S/C24H20FN3O5/c1-13-11-28(22(29)14-4-6-15(25)7-5-14)12-18(23(30)31)21-20(13)17-9-8-16(10-19(17)26-21)33-24(32)27(2)3/h4-10,12,26H,1,11H2,2-3H3,(H,30,31). The van der Waals surface area contributed by atoms with Crippen molar-refractivity contribution in [2.75, 3.05) is 20.6 Å². The van der Waals surface area contributed by atoms with Crippen molar-refractivity contribution < 1.29 is 28.6 Å². The quantitative estimate of drug-likeness (QED) is 0.630. The molecule has 2 amide bonds. The van der Waals surface area contributed by atoms with Crippen LogP contribution in [0.15, 0.2) is 55.2 Å². The Labute approximate surface area is 188 Å². The van der Waals surface area contributed by atoms with E-state index in [4.69, 9.17) is 4.74 Å². The lowest BCUT2D eigenvalue weighted by Crippen LogP contribution is -2.27. The maximum atomic E-state index is 13.2. The number of rotatable bonds is 3. The molecule has 1 aliphatic heterocycles. The Kier molecular flexibility index (Phi) is 5.47. The third kappa shape index (κ3) is 4.08. The molecule has 3 aromatic rings. The van der Waals surface area contributed by atoms with E-state index in [1.807, 2.05) is 0 Å². The summed E-state index contributed by atoms with van der Waals surface area (Å²) in [6.07, 6.45) is 0.695. The first-order valence-electron chi connectivity index (χ1n) is 9.90. The molecule has 2 heterocycles. The Hall–Kier alpha value is -4.40. The predicted molar refractivity (Wildman–Crippen MR) is 120 cm³/mol. The summed E-state index contributed by atoms with van der Waals surface area (Å²) < 4.78 is 18.5. The molecule has 2 N–H and O–H groups in total. The van der Waals surface area contributed by atoms with Crippen molar-refractivity contribution in [3.8, 4) is 5.75 Å².